The molecule has 2 heterocycles. The Hall–Kier alpha value is -0.360. The van der Waals surface area contributed by atoms with Gasteiger partial charge in [-0.1, -0.05) is 0 Å². The van der Waals surface area contributed by atoms with Crippen molar-refractivity contribution >= 4 is 42.1 Å². The standard InChI is InChI=1S/C12H17N3OS.2ClH/c16-12(9-3-4-13-5-9)14-6-11-15-10(7-17-11)8-1-2-8;;/h7-9,13H,1-6H2,(H,14,16);2*1H. The third-order valence-electron chi connectivity index (χ3n) is 3.41. The Balaban J connectivity index is 0.000000902. The molecule has 1 unspecified atom stereocenters. The molecular formula is C12H19Cl2N3OS. The van der Waals surface area contributed by atoms with E-state index in [4.69, 9.17) is 0 Å². The van der Waals surface area contributed by atoms with Crippen molar-refractivity contribution in [1.82, 2.24) is 15.6 Å². The van der Waals surface area contributed by atoms with E-state index >= 15 is 0 Å². The normalized spacial score (nSPS) is 21.4. The maximum atomic E-state index is 11.8. The minimum Gasteiger partial charge on any atom is -0.349 e. The Morgan fingerprint density at radius 3 is 2.84 bits per heavy atom. The Kier molecular flexibility index (Phi) is 6.53. The highest BCUT2D eigenvalue weighted by Crippen LogP contribution is 2.40. The average molecular weight is 324 g/mol. The molecule has 108 valence electrons. The molecule has 0 bridgehead atoms. The fourth-order valence-electron chi connectivity index (χ4n) is 2.16. The molecule has 1 aromatic rings. The molecule has 4 nitrogen and oxygen atoms in total. The largest absolute Gasteiger partial charge is 0.349 e. The van der Waals surface area contributed by atoms with E-state index in [1.54, 1.807) is 11.3 Å². The summed E-state index contributed by atoms with van der Waals surface area (Å²) in [5.74, 6) is 1.02. The zero-order valence-electron chi connectivity index (χ0n) is 10.6. The van der Waals surface area contributed by atoms with Crippen molar-refractivity contribution in [2.45, 2.75) is 31.7 Å². The fraction of sp³-hybridized carbons (Fsp3) is 0.667. The van der Waals surface area contributed by atoms with E-state index in [2.05, 4.69) is 21.0 Å². The Morgan fingerprint density at radius 1 is 1.42 bits per heavy atom. The van der Waals surface area contributed by atoms with Gasteiger partial charge in [0.15, 0.2) is 0 Å². The Morgan fingerprint density at radius 2 is 2.21 bits per heavy atom. The van der Waals surface area contributed by atoms with Crippen molar-refractivity contribution in [2.24, 2.45) is 5.92 Å². The number of aromatic nitrogens is 1. The van der Waals surface area contributed by atoms with E-state index in [1.165, 1.54) is 18.5 Å². The van der Waals surface area contributed by atoms with Gasteiger partial charge in [0.25, 0.3) is 0 Å². The number of hydrogen-bond acceptors (Lipinski definition) is 4. The van der Waals surface area contributed by atoms with Crippen molar-refractivity contribution in [3.8, 4) is 0 Å². The van der Waals surface area contributed by atoms with Gasteiger partial charge in [-0.05, 0) is 25.8 Å². The molecule has 1 aliphatic heterocycles. The highest BCUT2D eigenvalue weighted by atomic mass is 35.5. The lowest BCUT2D eigenvalue weighted by molar-refractivity contribution is -0.124. The number of hydrogen-bond donors (Lipinski definition) is 2. The summed E-state index contributed by atoms with van der Waals surface area (Å²) in [7, 11) is 0. The summed E-state index contributed by atoms with van der Waals surface area (Å²) in [5, 5.41) is 9.36. The van der Waals surface area contributed by atoms with Gasteiger partial charge in [0.2, 0.25) is 5.91 Å². The van der Waals surface area contributed by atoms with E-state index in [9.17, 15) is 4.79 Å². The summed E-state index contributed by atoms with van der Waals surface area (Å²) in [6.07, 6.45) is 3.52. The molecule has 1 amide bonds. The fourth-order valence-corrected chi connectivity index (χ4v) is 2.97. The predicted octanol–water partition coefficient (Wildman–Crippen LogP) is 2.09. The predicted molar refractivity (Wildman–Crippen MR) is 81.4 cm³/mol. The van der Waals surface area contributed by atoms with Crippen LogP contribution in [-0.4, -0.2) is 24.0 Å². The summed E-state index contributed by atoms with van der Waals surface area (Å²) < 4.78 is 0. The number of carbonyl (C=O) groups excluding carboxylic acids is 1. The van der Waals surface area contributed by atoms with Gasteiger partial charge in [0.05, 0.1) is 18.2 Å². The smallest absolute Gasteiger partial charge is 0.224 e. The van der Waals surface area contributed by atoms with Gasteiger partial charge >= 0.3 is 0 Å². The maximum Gasteiger partial charge on any atom is 0.224 e. The van der Waals surface area contributed by atoms with Crippen LogP contribution >= 0.6 is 36.2 Å². The first-order valence-electron chi connectivity index (χ1n) is 6.25. The highest BCUT2D eigenvalue weighted by Gasteiger charge is 2.26. The first-order chi connectivity index (χ1) is 8.33. The van der Waals surface area contributed by atoms with Gasteiger partial charge in [0, 0.05) is 17.8 Å². The van der Waals surface area contributed by atoms with Crippen LogP contribution in [0.1, 0.15) is 35.9 Å². The van der Waals surface area contributed by atoms with Crippen LogP contribution in [0.25, 0.3) is 0 Å². The van der Waals surface area contributed by atoms with Crippen molar-refractivity contribution in [3.05, 3.63) is 16.1 Å². The van der Waals surface area contributed by atoms with Gasteiger partial charge in [0.1, 0.15) is 5.01 Å². The third kappa shape index (κ3) is 4.31. The molecule has 2 aliphatic rings. The Bertz CT molecular complexity index is 417. The Labute approximate surface area is 129 Å². The first-order valence-corrected chi connectivity index (χ1v) is 7.13. The SMILES string of the molecule is Cl.Cl.O=C(NCc1nc(C2CC2)cs1)C1CCNC1. The monoisotopic (exact) mass is 323 g/mol. The molecule has 2 fully saturated rings. The summed E-state index contributed by atoms with van der Waals surface area (Å²) in [5.41, 5.74) is 1.22. The summed E-state index contributed by atoms with van der Waals surface area (Å²) in [6.45, 7) is 2.37. The van der Waals surface area contributed by atoms with Crippen LogP contribution < -0.4 is 10.6 Å². The second kappa shape index (κ2) is 7.43. The lowest BCUT2D eigenvalue weighted by Crippen LogP contribution is -2.31. The van der Waals surface area contributed by atoms with E-state index < -0.39 is 0 Å². The van der Waals surface area contributed by atoms with E-state index in [1.807, 2.05) is 0 Å². The molecule has 1 saturated carbocycles. The molecular weight excluding hydrogens is 305 g/mol. The molecule has 0 aromatic carbocycles. The van der Waals surface area contributed by atoms with Crippen LogP contribution in [-0.2, 0) is 11.3 Å². The van der Waals surface area contributed by atoms with Crippen molar-refractivity contribution in [1.29, 1.82) is 0 Å². The van der Waals surface area contributed by atoms with Gasteiger partial charge in [-0.15, -0.1) is 36.2 Å². The minimum absolute atomic E-state index is 0. The highest BCUT2D eigenvalue weighted by molar-refractivity contribution is 7.09. The molecule has 19 heavy (non-hydrogen) atoms. The summed E-state index contributed by atoms with van der Waals surface area (Å²) in [6, 6.07) is 0. The topological polar surface area (TPSA) is 54.0 Å². The van der Waals surface area contributed by atoms with E-state index in [-0.39, 0.29) is 36.6 Å². The van der Waals surface area contributed by atoms with Gasteiger partial charge < -0.3 is 10.6 Å². The molecule has 3 rings (SSSR count). The van der Waals surface area contributed by atoms with E-state index in [0.717, 1.165) is 24.5 Å². The molecule has 7 heteroatoms. The second-order valence-electron chi connectivity index (χ2n) is 4.85. The number of thiazole rings is 1. The number of carbonyl (C=O) groups is 1. The van der Waals surface area contributed by atoms with Gasteiger partial charge in [-0.25, -0.2) is 4.98 Å². The molecule has 1 saturated heterocycles. The number of halogens is 2. The minimum atomic E-state index is 0. The molecule has 1 aromatic heterocycles. The molecule has 2 N–H and O–H groups in total. The summed E-state index contributed by atoms with van der Waals surface area (Å²) in [4.78, 5) is 16.4. The molecule has 1 aliphatic carbocycles. The zero-order valence-corrected chi connectivity index (χ0v) is 13.0. The number of rotatable bonds is 4. The van der Waals surface area contributed by atoms with Gasteiger partial charge in [-0.2, -0.15) is 0 Å². The van der Waals surface area contributed by atoms with Crippen molar-refractivity contribution in [2.75, 3.05) is 13.1 Å². The number of amides is 1. The van der Waals surface area contributed by atoms with Crippen LogP contribution in [0.15, 0.2) is 5.38 Å². The number of nitrogens with zero attached hydrogens (tertiary/aromatic N) is 1. The quantitative estimate of drug-likeness (QED) is 0.892. The summed E-state index contributed by atoms with van der Waals surface area (Å²) >= 11 is 1.66. The first kappa shape index (κ1) is 16.7. The van der Waals surface area contributed by atoms with Crippen LogP contribution in [0.4, 0.5) is 0 Å². The van der Waals surface area contributed by atoms with E-state index in [0.29, 0.717) is 12.5 Å². The van der Waals surface area contributed by atoms with Crippen molar-refractivity contribution in [3.63, 3.8) is 0 Å². The molecule has 1 atom stereocenters. The lowest BCUT2D eigenvalue weighted by atomic mass is 10.1. The third-order valence-corrected chi connectivity index (χ3v) is 4.28. The van der Waals surface area contributed by atoms with Crippen LogP contribution in [0.3, 0.4) is 0 Å². The van der Waals surface area contributed by atoms with Crippen LogP contribution in [0.5, 0.6) is 0 Å². The maximum absolute atomic E-state index is 11.8. The van der Waals surface area contributed by atoms with Crippen LogP contribution in [0.2, 0.25) is 0 Å². The molecule has 0 radical (unpaired) electrons. The number of nitrogens with one attached hydrogen (secondary N) is 2. The second-order valence-corrected chi connectivity index (χ2v) is 5.79. The van der Waals surface area contributed by atoms with Crippen LogP contribution in [0, 0.1) is 5.92 Å². The van der Waals surface area contributed by atoms with Crippen molar-refractivity contribution < 1.29 is 4.79 Å². The average Bonchev–Trinajstić information content (AvgIpc) is 2.88. The molecule has 0 spiro atoms. The van der Waals surface area contributed by atoms with Gasteiger partial charge in [-0.3, -0.25) is 4.79 Å². The lowest BCUT2D eigenvalue weighted by Gasteiger charge is -2.07. The zero-order chi connectivity index (χ0) is 11.7.